The van der Waals surface area contributed by atoms with Crippen molar-refractivity contribution in [2.45, 2.75) is 11.7 Å². The molecule has 0 spiro atoms. The maximum absolute atomic E-state index is 12.9. The Morgan fingerprint density at radius 3 is 2.67 bits per heavy atom. The summed E-state index contributed by atoms with van der Waals surface area (Å²) in [5.74, 6) is 1.16. The third kappa shape index (κ3) is 3.48. The lowest BCUT2D eigenvalue weighted by Crippen LogP contribution is -2.34. The average molecular weight is 345 g/mol. The molecule has 1 fully saturated rings. The Morgan fingerprint density at radius 1 is 1.17 bits per heavy atom. The van der Waals surface area contributed by atoms with Crippen LogP contribution in [0.4, 0.5) is 0 Å². The molecule has 0 unspecified atom stereocenters. The standard InChI is InChI=1S/C18H19NO4S/c1-22-18(21)14-6-3-2-5-13(14)17(20)19-9-8-16(24-12-10-19)15-7-4-11-23-15/h2-7,11,16H,8-10,12H2,1H3/t16-/m0/s1. The Kier molecular flexibility index (Phi) is 5.25. The molecular weight excluding hydrogens is 326 g/mol. The number of hydrogen-bond donors (Lipinski definition) is 0. The summed E-state index contributed by atoms with van der Waals surface area (Å²) in [6.07, 6.45) is 2.50. The predicted molar refractivity (Wildman–Crippen MR) is 92.2 cm³/mol. The van der Waals surface area contributed by atoms with Gasteiger partial charge in [0.25, 0.3) is 5.91 Å². The lowest BCUT2D eigenvalue weighted by atomic mass is 10.1. The zero-order valence-electron chi connectivity index (χ0n) is 13.4. The molecule has 1 atom stereocenters. The van der Waals surface area contributed by atoms with Gasteiger partial charge in [0.2, 0.25) is 0 Å². The van der Waals surface area contributed by atoms with Crippen LogP contribution in [0.15, 0.2) is 47.1 Å². The van der Waals surface area contributed by atoms with Crippen LogP contribution in [0.2, 0.25) is 0 Å². The van der Waals surface area contributed by atoms with Crippen LogP contribution in [0.25, 0.3) is 0 Å². The molecule has 5 nitrogen and oxygen atoms in total. The van der Waals surface area contributed by atoms with E-state index >= 15 is 0 Å². The van der Waals surface area contributed by atoms with E-state index in [1.54, 1.807) is 47.2 Å². The van der Waals surface area contributed by atoms with Gasteiger partial charge in [-0.05, 0) is 30.7 Å². The highest BCUT2D eigenvalue weighted by Gasteiger charge is 2.26. The summed E-state index contributed by atoms with van der Waals surface area (Å²) >= 11 is 1.79. The molecule has 126 valence electrons. The van der Waals surface area contributed by atoms with Crippen molar-refractivity contribution in [3.05, 3.63) is 59.5 Å². The first-order valence-electron chi connectivity index (χ1n) is 7.82. The topological polar surface area (TPSA) is 59.8 Å². The van der Waals surface area contributed by atoms with E-state index in [2.05, 4.69) is 0 Å². The third-order valence-corrected chi connectivity index (χ3v) is 5.34. The van der Waals surface area contributed by atoms with Crippen LogP contribution in [0.5, 0.6) is 0 Å². The van der Waals surface area contributed by atoms with Gasteiger partial charge in [-0.25, -0.2) is 4.79 Å². The zero-order valence-corrected chi connectivity index (χ0v) is 14.3. The monoisotopic (exact) mass is 345 g/mol. The molecule has 0 aliphatic carbocycles. The molecule has 3 rings (SSSR count). The van der Waals surface area contributed by atoms with Crippen molar-refractivity contribution >= 4 is 23.6 Å². The van der Waals surface area contributed by atoms with Crippen molar-refractivity contribution in [3.8, 4) is 0 Å². The number of methoxy groups -OCH3 is 1. The summed E-state index contributed by atoms with van der Waals surface area (Å²) < 4.78 is 10.3. The highest BCUT2D eigenvalue weighted by atomic mass is 32.2. The fourth-order valence-corrected chi connectivity index (χ4v) is 3.98. The van der Waals surface area contributed by atoms with Crippen molar-refractivity contribution in [3.63, 3.8) is 0 Å². The second-order valence-electron chi connectivity index (χ2n) is 5.49. The number of carbonyl (C=O) groups excluding carboxylic acids is 2. The highest BCUT2D eigenvalue weighted by Crippen LogP contribution is 2.34. The van der Waals surface area contributed by atoms with Gasteiger partial charge in [-0.3, -0.25) is 4.79 Å². The van der Waals surface area contributed by atoms with Crippen molar-refractivity contribution < 1.29 is 18.7 Å². The Hall–Kier alpha value is -2.21. The third-order valence-electron chi connectivity index (χ3n) is 4.05. The number of hydrogen-bond acceptors (Lipinski definition) is 5. The largest absolute Gasteiger partial charge is 0.468 e. The SMILES string of the molecule is COC(=O)c1ccccc1C(=O)N1CCS[C@H](c2ccco2)CC1. The number of benzene rings is 1. The molecule has 1 amide bonds. The zero-order chi connectivity index (χ0) is 16.9. The van der Waals surface area contributed by atoms with Crippen molar-refractivity contribution in [1.29, 1.82) is 0 Å². The molecule has 6 heteroatoms. The van der Waals surface area contributed by atoms with Gasteiger partial charge in [-0.2, -0.15) is 0 Å². The van der Waals surface area contributed by atoms with Gasteiger partial charge >= 0.3 is 5.97 Å². The summed E-state index contributed by atoms with van der Waals surface area (Å²) in [4.78, 5) is 26.6. The molecule has 1 saturated heterocycles. The van der Waals surface area contributed by atoms with Crippen LogP contribution in [0.1, 0.15) is 38.1 Å². The van der Waals surface area contributed by atoms with Gasteiger partial charge in [-0.15, -0.1) is 11.8 Å². The summed E-state index contributed by atoms with van der Waals surface area (Å²) in [6, 6.07) is 10.7. The predicted octanol–water partition coefficient (Wildman–Crippen LogP) is 3.39. The maximum Gasteiger partial charge on any atom is 0.338 e. The Balaban J connectivity index is 1.75. The number of nitrogens with zero attached hydrogens (tertiary/aromatic N) is 1. The number of amides is 1. The summed E-state index contributed by atoms with van der Waals surface area (Å²) in [6.45, 7) is 1.28. The Morgan fingerprint density at radius 2 is 1.96 bits per heavy atom. The van der Waals surface area contributed by atoms with Crippen LogP contribution in [-0.4, -0.2) is 42.7 Å². The van der Waals surface area contributed by atoms with Crippen molar-refractivity contribution in [2.24, 2.45) is 0 Å². The van der Waals surface area contributed by atoms with Gasteiger partial charge in [0.15, 0.2) is 0 Å². The molecule has 1 aliphatic heterocycles. The number of carbonyl (C=O) groups is 2. The first kappa shape index (κ1) is 16.6. The second-order valence-corrected chi connectivity index (χ2v) is 6.80. The van der Waals surface area contributed by atoms with Gasteiger partial charge in [0, 0.05) is 18.8 Å². The Labute approximate surface area is 145 Å². The second kappa shape index (κ2) is 7.57. The fraction of sp³-hybridized carbons (Fsp3) is 0.333. The number of thioether (sulfide) groups is 1. The van der Waals surface area contributed by atoms with Crippen LogP contribution in [0.3, 0.4) is 0 Å². The molecule has 0 radical (unpaired) electrons. The molecule has 1 aliphatic rings. The minimum atomic E-state index is -0.489. The fourth-order valence-electron chi connectivity index (χ4n) is 2.80. The summed E-state index contributed by atoms with van der Waals surface area (Å²) in [5, 5.41) is 0.258. The van der Waals surface area contributed by atoms with E-state index in [9.17, 15) is 9.59 Å². The van der Waals surface area contributed by atoms with Crippen molar-refractivity contribution in [2.75, 3.05) is 26.0 Å². The molecule has 2 heterocycles. The summed E-state index contributed by atoms with van der Waals surface area (Å²) in [5.41, 5.74) is 0.704. The lowest BCUT2D eigenvalue weighted by molar-refractivity contribution is 0.0590. The van der Waals surface area contributed by atoms with Crippen LogP contribution < -0.4 is 0 Å². The summed E-state index contributed by atoms with van der Waals surface area (Å²) in [7, 11) is 1.32. The van der Waals surface area contributed by atoms with E-state index < -0.39 is 5.97 Å². The van der Waals surface area contributed by atoms with E-state index in [-0.39, 0.29) is 11.2 Å². The molecule has 0 N–H and O–H groups in total. The van der Waals surface area contributed by atoms with Crippen LogP contribution in [0, 0.1) is 0 Å². The quantitative estimate of drug-likeness (QED) is 0.798. The van der Waals surface area contributed by atoms with Gasteiger partial charge < -0.3 is 14.1 Å². The van der Waals surface area contributed by atoms with Gasteiger partial charge in [0.05, 0.1) is 29.7 Å². The first-order valence-corrected chi connectivity index (χ1v) is 8.87. The van der Waals surface area contributed by atoms with Crippen LogP contribution >= 0.6 is 11.8 Å². The molecule has 2 aromatic rings. The smallest absolute Gasteiger partial charge is 0.338 e. The van der Waals surface area contributed by atoms with Crippen molar-refractivity contribution in [1.82, 2.24) is 4.90 Å². The average Bonchev–Trinajstić information content (AvgIpc) is 3.05. The molecule has 0 saturated carbocycles. The molecule has 1 aromatic carbocycles. The van der Waals surface area contributed by atoms with E-state index in [1.165, 1.54) is 7.11 Å². The minimum Gasteiger partial charge on any atom is -0.468 e. The molecular formula is C18H19NO4S. The number of rotatable bonds is 3. The maximum atomic E-state index is 12.9. The van der Waals surface area contributed by atoms with E-state index in [0.717, 1.165) is 17.9 Å². The molecule has 0 bridgehead atoms. The molecule has 1 aromatic heterocycles. The van der Waals surface area contributed by atoms with E-state index in [1.807, 2.05) is 12.1 Å². The lowest BCUT2D eigenvalue weighted by Gasteiger charge is -2.21. The number of ether oxygens (including phenoxy) is 1. The van der Waals surface area contributed by atoms with E-state index in [4.69, 9.17) is 9.15 Å². The number of esters is 1. The minimum absolute atomic E-state index is 0.128. The van der Waals surface area contributed by atoms with Crippen LogP contribution in [-0.2, 0) is 4.74 Å². The Bertz CT molecular complexity index is 714. The van der Waals surface area contributed by atoms with Gasteiger partial charge in [0.1, 0.15) is 5.76 Å². The number of furan rings is 1. The van der Waals surface area contributed by atoms with E-state index in [0.29, 0.717) is 24.2 Å². The normalized spacial score (nSPS) is 18.0. The first-order chi connectivity index (χ1) is 11.7. The van der Waals surface area contributed by atoms with Gasteiger partial charge in [-0.1, -0.05) is 12.1 Å². The highest BCUT2D eigenvalue weighted by molar-refractivity contribution is 7.99. The molecule has 24 heavy (non-hydrogen) atoms.